The third-order valence-corrected chi connectivity index (χ3v) is 4.94. The molecule has 2 unspecified atom stereocenters. The zero-order valence-electron chi connectivity index (χ0n) is 14.6. The maximum atomic E-state index is 12.5. The number of hydrogen-bond acceptors (Lipinski definition) is 5. The van der Waals surface area contributed by atoms with Gasteiger partial charge < -0.3 is 19.3 Å². The highest BCUT2D eigenvalue weighted by Gasteiger charge is 2.47. The van der Waals surface area contributed by atoms with Crippen molar-refractivity contribution in [1.82, 2.24) is 14.8 Å². The van der Waals surface area contributed by atoms with Crippen LogP contribution in [-0.2, 0) is 9.53 Å². The summed E-state index contributed by atoms with van der Waals surface area (Å²) in [6.07, 6.45) is 4.81. The van der Waals surface area contributed by atoms with E-state index in [0.29, 0.717) is 25.6 Å². The summed E-state index contributed by atoms with van der Waals surface area (Å²) in [5, 5.41) is 0. The first-order chi connectivity index (χ1) is 11.6. The number of likely N-dealkylation sites (N-methyl/N-ethyl adjacent to an activating group) is 1. The topological polar surface area (TPSA) is 54.9 Å². The quantitative estimate of drug-likeness (QED) is 0.816. The van der Waals surface area contributed by atoms with Crippen LogP contribution < -0.4 is 4.74 Å². The number of carbonyl (C=O) groups excluding carboxylic acids is 1. The smallest absolute Gasteiger partial charge is 0.236 e. The standard InChI is InChI=1S/C18H27N3O3/c1-20(2)12-17(22)21-10-7-15-18(13-21,8-5-11-23-15)14-24-16-6-3-4-9-19-16/h3-4,6,9,15H,5,7-8,10-14H2,1-2H3. The molecule has 0 saturated carbocycles. The summed E-state index contributed by atoms with van der Waals surface area (Å²) in [6, 6.07) is 5.66. The Bertz CT molecular complexity index is 552. The van der Waals surface area contributed by atoms with Crippen LogP contribution >= 0.6 is 0 Å². The molecular formula is C18H27N3O3. The van der Waals surface area contributed by atoms with Crippen LogP contribution in [0.4, 0.5) is 0 Å². The maximum absolute atomic E-state index is 12.5. The van der Waals surface area contributed by atoms with E-state index in [1.807, 2.05) is 42.1 Å². The molecule has 3 heterocycles. The molecular weight excluding hydrogens is 306 g/mol. The van der Waals surface area contributed by atoms with Gasteiger partial charge in [0.05, 0.1) is 19.3 Å². The Hall–Kier alpha value is -1.66. The van der Waals surface area contributed by atoms with E-state index in [1.165, 1.54) is 0 Å². The van der Waals surface area contributed by atoms with E-state index in [4.69, 9.17) is 9.47 Å². The van der Waals surface area contributed by atoms with Crippen LogP contribution in [0, 0.1) is 5.41 Å². The van der Waals surface area contributed by atoms with Crippen LogP contribution in [0.2, 0.25) is 0 Å². The van der Waals surface area contributed by atoms with Crippen molar-refractivity contribution in [3.05, 3.63) is 24.4 Å². The average molecular weight is 333 g/mol. The molecule has 0 spiro atoms. The maximum Gasteiger partial charge on any atom is 0.236 e. The number of amides is 1. The SMILES string of the molecule is CN(C)CC(=O)N1CCC2OCCCC2(COc2ccccn2)C1. The molecule has 1 aromatic rings. The number of hydrogen-bond donors (Lipinski definition) is 0. The number of piperidine rings is 1. The van der Waals surface area contributed by atoms with E-state index in [2.05, 4.69) is 4.98 Å². The highest BCUT2D eigenvalue weighted by Crippen LogP contribution is 2.40. The van der Waals surface area contributed by atoms with Gasteiger partial charge in [0.15, 0.2) is 0 Å². The van der Waals surface area contributed by atoms with Crippen LogP contribution in [0.5, 0.6) is 5.88 Å². The van der Waals surface area contributed by atoms with Crippen molar-refractivity contribution >= 4 is 5.91 Å². The van der Waals surface area contributed by atoms with E-state index in [-0.39, 0.29) is 17.4 Å². The van der Waals surface area contributed by atoms with Gasteiger partial charge in [0.25, 0.3) is 0 Å². The number of aromatic nitrogens is 1. The van der Waals surface area contributed by atoms with Gasteiger partial charge in [-0.15, -0.1) is 0 Å². The molecule has 6 heteroatoms. The molecule has 0 aromatic carbocycles. The first-order valence-electron chi connectivity index (χ1n) is 8.67. The Morgan fingerprint density at radius 3 is 3.12 bits per heavy atom. The minimum absolute atomic E-state index is 0.129. The van der Waals surface area contributed by atoms with Crippen molar-refractivity contribution in [3.63, 3.8) is 0 Å². The molecule has 0 N–H and O–H groups in total. The Morgan fingerprint density at radius 2 is 2.38 bits per heavy atom. The summed E-state index contributed by atoms with van der Waals surface area (Å²) in [7, 11) is 3.85. The van der Waals surface area contributed by atoms with Gasteiger partial charge in [-0.3, -0.25) is 4.79 Å². The van der Waals surface area contributed by atoms with Crippen LogP contribution in [0.1, 0.15) is 19.3 Å². The van der Waals surface area contributed by atoms with E-state index < -0.39 is 0 Å². The predicted molar refractivity (Wildman–Crippen MR) is 90.9 cm³/mol. The first kappa shape index (κ1) is 17.2. The fraction of sp³-hybridized carbons (Fsp3) is 0.667. The highest BCUT2D eigenvalue weighted by molar-refractivity contribution is 5.78. The molecule has 2 aliphatic rings. The fourth-order valence-electron chi connectivity index (χ4n) is 3.73. The molecule has 2 fully saturated rings. The van der Waals surface area contributed by atoms with Crippen molar-refractivity contribution in [2.45, 2.75) is 25.4 Å². The van der Waals surface area contributed by atoms with Crippen LogP contribution in [0.3, 0.4) is 0 Å². The van der Waals surface area contributed by atoms with Crippen LogP contribution in [0.25, 0.3) is 0 Å². The lowest BCUT2D eigenvalue weighted by molar-refractivity contribution is -0.158. The van der Waals surface area contributed by atoms with Crippen molar-refractivity contribution in [3.8, 4) is 5.88 Å². The summed E-state index contributed by atoms with van der Waals surface area (Å²) < 4.78 is 12.0. The lowest BCUT2D eigenvalue weighted by Gasteiger charge is -2.50. The van der Waals surface area contributed by atoms with Gasteiger partial charge in [0, 0.05) is 37.4 Å². The molecule has 2 saturated heterocycles. The third kappa shape index (κ3) is 3.87. The molecule has 0 radical (unpaired) electrons. The first-order valence-corrected chi connectivity index (χ1v) is 8.67. The number of fused-ring (bicyclic) bond motifs is 1. The van der Waals surface area contributed by atoms with E-state index in [9.17, 15) is 4.79 Å². The minimum atomic E-state index is -0.129. The van der Waals surface area contributed by atoms with E-state index >= 15 is 0 Å². The molecule has 132 valence electrons. The second kappa shape index (κ2) is 7.49. The molecule has 0 aliphatic carbocycles. The minimum Gasteiger partial charge on any atom is -0.477 e. The Labute approximate surface area is 143 Å². The normalized spacial score (nSPS) is 27.0. The summed E-state index contributed by atoms with van der Waals surface area (Å²) in [4.78, 5) is 20.6. The Kier molecular flexibility index (Phi) is 5.36. The number of pyridine rings is 1. The summed E-state index contributed by atoms with van der Waals surface area (Å²) >= 11 is 0. The molecule has 0 bridgehead atoms. The van der Waals surface area contributed by atoms with Gasteiger partial charge in [-0.2, -0.15) is 0 Å². The van der Waals surface area contributed by atoms with Crippen molar-refractivity contribution in [1.29, 1.82) is 0 Å². The molecule has 2 atom stereocenters. The number of carbonyl (C=O) groups is 1. The van der Waals surface area contributed by atoms with Crippen molar-refractivity contribution in [2.24, 2.45) is 5.41 Å². The molecule has 24 heavy (non-hydrogen) atoms. The van der Waals surface area contributed by atoms with Gasteiger partial charge in [-0.05, 0) is 39.4 Å². The Morgan fingerprint density at radius 1 is 1.50 bits per heavy atom. The number of rotatable bonds is 5. The van der Waals surface area contributed by atoms with Gasteiger partial charge >= 0.3 is 0 Å². The van der Waals surface area contributed by atoms with E-state index in [0.717, 1.165) is 32.4 Å². The largest absolute Gasteiger partial charge is 0.477 e. The van der Waals surface area contributed by atoms with Crippen LogP contribution in [-0.4, -0.2) is 73.7 Å². The number of nitrogens with zero attached hydrogens (tertiary/aromatic N) is 3. The number of likely N-dealkylation sites (tertiary alicyclic amines) is 1. The van der Waals surface area contributed by atoms with Gasteiger partial charge in [-0.1, -0.05) is 6.07 Å². The second-order valence-electron chi connectivity index (χ2n) is 7.12. The molecule has 1 amide bonds. The average Bonchev–Trinajstić information content (AvgIpc) is 2.60. The highest BCUT2D eigenvalue weighted by atomic mass is 16.5. The summed E-state index contributed by atoms with van der Waals surface area (Å²) in [5.41, 5.74) is -0.129. The predicted octanol–water partition coefficient (Wildman–Crippen LogP) is 1.42. The summed E-state index contributed by atoms with van der Waals surface area (Å²) in [6.45, 7) is 3.27. The third-order valence-electron chi connectivity index (χ3n) is 4.94. The molecule has 2 aliphatic heterocycles. The molecule has 1 aromatic heterocycles. The fourth-order valence-corrected chi connectivity index (χ4v) is 3.73. The van der Waals surface area contributed by atoms with Gasteiger partial charge in [0.2, 0.25) is 11.8 Å². The second-order valence-corrected chi connectivity index (χ2v) is 7.12. The lowest BCUT2D eigenvalue weighted by Crippen LogP contribution is -2.59. The summed E-state index contributed by atoms with van der Waals surface area (Å²) in [5.74, 6) is 0.814. The van der Waals surface area contributed by atoms with Gasteiger partial charge in [-0.25, -0.2) is 4.98 Å². The monoisotopic (exact) mass is 333 g/mol. The number of ether oxygens (including phenoxy) is 2. The van der Waals surface area contributed by atoms with Crippen molar-refractivity contribution < 1.29 is 14.3 Å². The Balaban J connectivity index is 1.70. The van der Waals surface area contributed by atoms with Gasteiger partial charge in [0.1, 0.15) is 0 Å². The van der Waals surface area contributed by atoms with Crippen molar-refractivity contribution in [2.75, 3.05) is 46.9 Å². The zero-order valence-corrected chi connectivity index (χ0v) is 14.6. The zero-order chi connectivity index (χ0) is 17.0. The molecule has 3 rings (SSSR count). The van der Waals surface area contributed by atoms with E-state index in [1.54, 1.807) is 6.20 Å². The molecule has 6 nitrogen and oxygen atoms in total. The lowest BCUT2D eigenvalue weighted by atomic mass is 9.73. The van der Waals surface area contributed by atoms with Crippen LogP contribution in [0.15, 0.2) is 24.4 Å².